The number of halogens is 1. The van der Waals surface area contributed by atoms with Crippen LogP contribution in [0.15, 0.2) is 28.4 Å². The Bertz CT molecular complexity index is 1600. The van der Waals surface area contributed by atoms with Crippen LogP contribution in [0.3, 0.4) is 0 Å². The molecule has 1 unspecified atom stereocenters. The van der Waals surface area contributed by atoms with Gasteiger partial charge in [-0.2, -0.15) is 4.39 Å². The van der Waals surface area contributed by atoms with Gasteiger partial charge in [-0.15, -0.1) is 0 Å². The fourth-order valence-corrected chi connectivity index (χ4v) is 5.19. The molecule has 4 aromatic heterocycles. The monoisotopic (exact) mass is 513 g/mol. The van der Waals surface area contributed by atoms with Gasteiger partial charge in [-0.1, -0.05) is 11.3 Å². The number of aryl methyl sites for hydroxylation is 1. The van der Waals surface area contributed by atoms with Crippen molar-refractivity contribution in [1.82, 2.24) is 33.6 Å². The summed E-state index contributed by atoms with van der Waals surface area (Å²) in [6, 6.07) is -0.630. The number of carbonyl (C=O) groups excluding carboxylic acids is 1. The van der Waals surface area contributed by atoms with Gasteiger partial charge in [-0.3, -0.25) is 18.7 Å². The summed E-state index contributed by atoms with van der Waals surface area (Å²) in [5.74, 6) is 0.0833. The summed E-state index contributed by atoms with van der Waals surface area (Å²) >= 11 is 0.698. The summed E-state index contributed by atoms with van der Waals surface area (Å²) in [7, 11) is 2.85. The van der Waals surface area contributed by atoms with Crippen LogP contribution in [0.4, 0.5) is 15.3 Å². The number of anilines is 2. The van der Waals surface area contributed by atoms with Crippen LogP contribution in [0, 0.1) is 5.13 Å². The van der Waals surface area contributed by atoms with Gasteiger partial charge in [0.05, 0.1) is 11.9 Å². The molecular formula is C22H24FN9O3S. The van der Waals surface area contributed by atoms with Crippen LogP contribution >= 0.6 is 11.3 Å². The van der Waals surface area contributed by atoms with E-state index >= 15 is 4.39 Å². The Kier molecular flexibility index (Phi) is 5.90. The highest BCUT2D eigenvalue weighted by atomic mass is 32.1. The predicted molar refractivity (Wildman–Crippen MR) is 133 cm³/mol. The highest BCUT2D eigenvalue weighted by molar-refractivity contribution is 7.14. The maximum Gasteiger partial charge on any atom is 0.332 e. The molecule has 5 rings (SSSR count). The summed E-state index contributed by atoms with van der Waals surface area (Å²) < 4.78 is 18.6. The number of aromatic nitrogens is 7. The Hall–Kier alpha value is -3.94. The SMILES string of the molecule is CC(C(=O)Nc1nc(-c2cncnc2N2CCC[C@@H]2C)c(F)s1)n1cnc2c1c(=O)n(C)c(=O)n2C. The van der Waals surface area contributed by atoms with E-state index in [2.05, 4.69) is 37.1 Å². The average Bonchev–Trinajstić information content (AvgIpc) is 3.59. The number of hydrogen-bond donors (Lipinski definition) is 1. The second-order valence-corrected chi connectivity index (χ2v) is 9.73. The first-order chi connectivity index (χ1) is 17.2. The lowest BCUT2D eigenvalue weighted by Crippen LogP contribution is -2.38. The number of rotatable bonds is 5. The van der Waals surface area contributed by atoms with Crippen molar-refractivity contribution in [2.45, 2.75) is 38.8 Å². The minimum atomic E-state index is -0.892. The first-order valence-corrected chi connectivity index (χ1v) is 12.2. The molecule has 1 amide bonds. The molecule has 1 aliphatic rings. The van der Waals surface area contributed by atoms with Gasteiger partial charge in [0.1, 0.15) is 23.9 Å². The zero-order valence-electron chi connectivity index (χ0n) is 20.1. The molecule has 1 fully saturated rings. The van der Waals surface area contributed by atoms with E-state index in [1.54, 1.807) is 6.92 Å². The molecular weight excluding hydrogens is 489 g/mol. The van der Waals surface area contributed by atoms with Crippen LogP contribution in [-0.4, -0.2) is 52.1 Å². The maximum atomic E-state index is 15.0. The third-order valence-electron chi connectivity index (χ3n) is 6.56. The molecule has 188 valence electrons. The summed E-state index contributed by atoms with van der Waals surface area (Å²) in [4.78, 5) is 57.0. The van der Waals surface area contributed by atoms with E-state index in [1.807, 2.05) is 0 Å². The van der Waals surface area contributed by atoms with Gasteiger partial charge >= 0.3 is 5.69 Å². The van der Waals surface area contributed by atoms with Gasteiger partial charge in [-0.05, 0) is 26.7 Å². The second kappa shape index (κ2) is 8.93. The summed E-state index contributed by atoms with van der Waals surface area (Å²) in [6.45, 7) is 4.47. The minimum Gasteiger partial charge on any atom is -0.353 e. The molecule has 0 spiro atoms. The zero-order valence-corrected chi connectivity index (χ0v) is 20.9. The highest BCUT2D eigenvalue weighted by Gasteiger charge is 2.28. The highest BCUT2D eigenvalue weighted by Crippen LogP contribution is 2.36. The molecule has 0 radical (unpaired) electrons. The first kappa shape index (κ1) is 23.8. The standard InChI is InChI=1S/C22H24FN9O3S/c1-11-6-5-7-31(11)17-13(8-24-9-25-17)14-16(23)36-21(27-14)28-19(33)12(2)32-10-26-18-15(32)20(34)30(4)22(35)29(18)3/h8-12H,5-7H2,1-4H3,(H,27,28,33)/t11-,12?/m0/s1. The molecule has 1 N–H and O–H groups in total. The van der Waals surface area contributed by atoms with Crippen LogP contribution in [0.25, 0.3) is 22.4 Å². The van der Waals surface area contributed by atoms with E-state index in [0.29, 0.717) is 22.7 Å². The van der Waals surface area contributed by atoms with Gasteiger partial charge in [0.15, 0.2) is 16.3 Å². The van der Waals surface area contributed by atoms with Crippen LogP contribution in [0.5, 0.6) is 0 Å². The topological polar surface area (TPSA) is 133 Å². The van der Waals surface area contributed by atoms with Gasteiger partial charge < -0.3 is 14.8 Å². The van der Waals surface area contributed by atoms with E-state index in [-0.39, 0.29) is 28.0 Å². The molecule has 14 heteroatoms. The molecule has 12 nitrogen and oxygen atoms in total. The molecule has 0 saturated carbocycles. The fourth-order valence-electron chi connectivity index (χ4n) is 4.48. The van der Waals surface area contributed by atoms with Crippen molar-refractivity contribution in [1.29, 1.82) is 0 Å². The van der Waals surface area contributed by atoms with E-state index in [0.717, 1.165) is 24.0 Å². The molecule has 2 atom stereocenters. The van der Waals surface area contributed by atoms with Crippen LogP contribution < -0.4 is 21.5 Å². The first-order valence-electron chi connectivity index (χ1n) is 11.4. The molecule has 0 aliphatic carbocycles. The number of thiazole rings is 1. The van der Waals surface area contributed by atoms with E-state index in [4.69, 9.17) is 0 Å². The number of hydrogen-bond acceptors (Lipinski definition) is 9. The average molecular weight is 514 g/mol. The van der Waals surface area contributed by atoms with E-state index in [9.17, 15) is 14.4 Å². The maximum absolute atomic E-state index is 15.0. The number of amides is 1. The number of nitrogens with one attached hydrogen (secondary N) is 1. The van der Waals surface area contributed by atoms with Crippen LogP contribution in [0.2, 0.25) is 0 Å². The van der Waals surface area contributed by atoms with Gasteiger partial charge in [0.2, 0.25) is 11.0 Å². The molecule has 1 aliphatic heterocycles. The van der Waals surface area contributed by atoms with Crippen molar-refractivity contribution < 1.29 is 9.18 Å². The van der Waals surface area contributed by atoms with Crippen molar-refractivity contribution >= 4 is 39.4 Å². The van der Waals surface area contributed by atoms with Gasteiger partial charge in [0.25, 0.3) is 5.56 Å². The van der Waals surface area contributed by atoms with Crippen LogP contribution in [0.1, 0.15) is 32.7 Å². The van der Waals surface area contributed by atoms with Crippen molar-refractivity contribution in [2.24, 2.45) is 14.1 Å². The van der Waals surface area contributed by atoms with Crippen molar-refractivity contribution in [3.05, 3.63) is 44.8 Å². The number of carbonyl (C=O) groups is 1. The van der Waals surface area contributed by atoms with Crippen molar-refractivity contribution in [2.75, 3.05) is 16.8 Å². The van der Waals surface area contributed by atoms with E-state index < -0.39 is 28.3 Å². The lowest BCUT2D eigenvalue weighted by molar-refractivity contribution is -0.118. The fraction of sp³-hybridized carbons (Fsp3) is 0.409. The molecule has 5 heterocycles. The molecule has 0 bridgehead atoms. The zero-order chi connectivity index (χ0) is 25.7. The Labute approximate surface area is 208 Å². The molecule has 1 saturated heterocycles. The van der Waals surface area contributed by atoms with Gasteiger partial charge in [-0.25, -0.2) is 24.7 Å². The Morgan fingerprint density at radius 2 is 2.03 bits per heavy atom. The summed E-state index contributed by atoms with van der Waals surface area (Å²) in [6.07, 6.45) is 6.31. The van der Waals surface area contributed by atoms with E-state index in [1.165, 1.54) is 42.1 Å². The lowest BCUT2D eigenvalue weighted by Gasteiger charge is -2.24. The third kappa shape index (κ3) is 3.77. The number of fused-ring (bicyclic) bond motifs is 1. The Morgan fingerprint density at radius 1 is 1.25 bits per heavy atom. The van der Waals surface area contributed by atoms with Crippen LogP contribution in [-0.2, 0) is 18.9 Å². The molecule has 4 aromatic rings. The molecule has 0 aromatic carbocycles. The Morgan fingerprint density at radius 3 is 2.75 bits per heavy atom. The third-order valence-corrected chi connectivity index (χ3v) is 7.32. The second-order valence-electron chi connectivity index (χ2n) is 8.78. The molecule has 36 heavy (non-hydrogen) atoms. The minimum absolute atomic E-state index is 0.0633. The smallest absolute Gasteiger partial charge is 0.332 e. The summed E-state index contributed by atoms with van der Waals surface area (Å²) in [5, 5.41) is 2.12. The van der Waals surface area contributed by atoms with Crippen molar-refractivity contribution in [3.63, 3.8) is 0 Å². The number of imidazole rings is 1. The van der Waals surface area contributed by atoms with Gasteiger partial charge in [0, 0.05) is 32.9 Å². The predicted octanol–water partition coefficient (Wildman–Crippen LogP) is 1.67. The lowest BCUT2D eigenvalue weighted by atomic mass is 10.2. The summed E-state index contributed by atoms with van der Waals surface area (Å²) in [5.41, 5.74) is -0.292. The van der Waals surface area contributed by atoms with Crippen molar-refractivity contribution in [3.8, 4) is 11.3 Å². The largest absolute Gasteiger partial charge is 0.353 e. The normalized spacial score (nSPS) is 16.6. The quantitative estimate of drug-likeness (QED) is 0.426. The Balaban J connectivity index is 1.45. The number of nitrogens with zero attached hydrogens (tertiary/aromatic N) is 8.